The third-order valence-corrected chi connectivity index (χ3v) is 6.54. The molecule has 0 saturated heterocycles. The number of benzene rings is 3. The summed E-state index contributed by atoms with van der Waals surface area (Å²) in [6, 6.07) is 21.4. The molecule has 3 aromatic carbocycles. The lowest BCUT2D eigenvalue weighted by atomic mass is 9.94. The molecule has 0 aliphatic heterocycles. The summed E-state index contributed by atoms with van der Waals surface area (Å²) in [7, 11) is 1.65. The lowest BCUT2D eigenvalue weighted by Gasteiger charge is -2.26. The van der Waals surface area contributed by atoms with Gasteiger partial charge in [0.1, 0.15) is 23.9 Å². The number of carbonyl (C=O) groups is 1. The molecule has 6 heteroatoms. The second kappa shape index (κ2) is 9.59. The van der Waals surface area contributed by atoms with Gasteiger partial charge >= 0.3 is 5.97 Å². The van der Waals surface area contributed by atoms with Gasteiger partial charge in [0.2, 0.25) is 0 Å². The summed E-state index contributed by atoms with van der Waals surface area (Å²) in [6.07, 6.45) is 5.78. The number of fused-ring (bicyclic) bond motifs is 1. The molecule has 1 aliphatic carbocycles. The molecule has 1 heterocycles. The second-order valence-corrected chi connectivity index (χ2v) is 8.74. The molecule has 1 aliphatic rings. The molecular formula is C28H28N2O4. The Labute approximate surface area is 198 Å². The number of hydrogen-bond donors (Lipinski definition) is 1. The molecule has 1 aromatic heterocycles. The molecule has 0 bridgehead atoms. The zero-order valence-electron chi connectivity index (χ0n) is 19.2. The predicted molar refractivity (Wildman–Crippen MR) is 132 cm³/mol. The standard InChI is InChI=1S/C28H28N2O4/c1-33-26-17-22(34-18-19-8-4-2-5-9-19)13-14-23(26)27-29-24-16-20(28(31)32)12-15-25(24)30(27)21-10-6-3-7-11-21/h2,4-5,8-9,12-17,21H,3,6-7,10-11,18H2,1H3,(H,31,32). The summed E-state index contributed by atoms with van der Waals surface area (Å²) in [5.74, 6) is 1.25. The van der Waals surface area contributed by atoms with Gasteiger partial charge in [-0.2, -0.15) is 0 Å². The van der Waals surface area contributed by atoms with E-state index in [0.29, 0.717) is 23.9 Å². The summed E-state index contributed by atoms with van der Waals surface area (Å²) < 4.78 is 14.0. The van der Waals surface area contributed by atoms with E-state index in [1.165, 1.54) is 19.3 Å². The van der Waals surface area contributed by atoms with Crippen LogP contribution >= 0.6 is 0 Å². The Kier molecular flexibility index (Phi) is 6.21. The summed E-state index contributed by atoms with van der Waals surface area (Å²) in [6.45, 7) is 0.474. The lowest BCUT2D eigenvalue weighted by molar-refractivity contribution is 0.0697. The number of ether oxygens (including phenoxy) is 2. The molecule has 0 unspecified atom stereocenters. The quantitative estimate of drug-likeness (QED) is 0.344. The minimum absolute atomic E-state index is 0.240. The average molecular weight is 457 g/mol. The van der Waals surface area contributed by atoms with Crippen LogP contribution in [0.15, 0.2) is 66.7 Å². The summed E-state index contributed by atoms with van der Waals surface area (Å²) in [4.78, 5) is 16.5. The van der Waals surface area contributed by atoms with Crippen LogP contribution in [-0.2, 0) is 6.61 Å². The Morgan fingerprint density at radius 1 is 1.03 bits per heavy atom. The maximum Gasteiger partial charge on any atom is 0.335 e. The lowest BCUT2D eigenvalue weighted by Crippen LogP contribution is -2.14. The van der Waals surface area contributed by atoms with Gasteiger partial charge in [0.25, 0.3) is 0 Å². The first kappa shape index (κ1) is 22.0. The first-order valence-electron chi connectivity index (χ1n) is 11.7. The number of aromatic carboxylic acids is 1. The van der Waals surface area contributed by atoms with Crippen molar-refractivity contribution in [3.8, 4) is 22.9 Å². The molecule has 1 N–H and O–H groups in total. The Balaban J connectivity index is 1.56. The van der Waals surface area contributed by atoms with E-state index in [2.05, 4.69) is 4.57 Å². The van der Waals surface area contributed by atoms with Crippen molar-refractivity contribution >= 4 is 17.0 Å². The normalized spacial score (nSPS) is 14.3. The molecule has 1 fully saturated rings. The van der Waals surface area contributed by atoms with E-state index in [1.54, 1.807) is 19.2 Å². The van der Waals surface area contributed by atoms with Crippen molar-refractivity contribution in [3.05, 3.63) is 77.9 Å². The topological polar surface area (TPSA) is 73.6 Å². The predicted octanol–water partition coefficient (Wildman–Crippen LogP) is 6.49. The van der Waals surface area contributed by atoms with Gasteiger partial charge in [0.15, 0.2) is 0 Å². The Hall–Kier alpha value is -3.80. The number of nitrogens with zero attached hydrogens (tertiary/aromatic N) is 2. The minimum Gasteiger partial charge on any atom is -0.496 e. The van der Waals surface area contributed by atoms with E-state index in [9.17, 15) is 9.90 Å². The number of hydrogen-bond acceptors (Lipinski definition) is 4. The van der Waals surface area contributed by atoms with Crippen LogP contribution in [0.2, 0.25) is 0 Å². The average Bonchev–Trinajstić information content (AvgIpc) is 3.27. The van der Waals surface area contributed by atoms with E-state index in [4.69, 9.17) is 14.5 Å². The van der Waals surface area contributed by atoms with Gasteiger partial charge in [-0.15, -0.1) is 0 Å². The number of aromatic nitrogens is 2. The number of carboxylic acids is 1. The molecule has 0 spiro atoms. The van der Waals surface area contributed by atoms with Gasteiger partial charge in [0.05, 0.1) is 29.3 Å². The Morgan fingerprint density at radius 3 is 2.56 bits per heavy atom. The van der Waals surface area contributed by atoms with Crippen LogP contribution in [0.3, 0.4) is 0 Å². The second-order valence-electron chi connectivity index (χ2n) is 8.74. The van der Waals surface area contributed by atoms with Crippen LogP contribution in [0, 0.1) is 0 Å². The Bertz CT molecular complexity index is 1310. The zero-order chi connectivity index (χ0) is 23.5. The smallest absolute Gasteiger partial charge is 0.335 e. The van der Waals surface area contributed by atoms with Gasteiger partial charge < -0.3 is 19.1 Å². The highest BCUT2D eigenvalue weighted by atomic mass is 16.5. The number of imidazole rings is 1. The number of carboxylic acid groups (broad SMARTS) is 1. The number of methoxy groups -OCH3 is 1. The molecule has 1 saturated carbocycles. The van der Waals surface area contributed by atoms with Crippen molar-refractivity contribution in [1.29, 1.82) is 0 Å². The highest BCUT2D eigenvalue weighted by Gasteiger charge is 2.24. The molecule has 0 atom stereocenters. The molecule has 0 amide bonds. The van der Waals surface area contributed by atoms with Crippen LogP contribution in [-0.4, -0.2) is 27.7 Å². The van der Waals surface area contributed by atoms with E-state index < -0.39 is 5.97 Å². The highest BCUT2D eigenvalue weighted by molar-refractivity contribution is 5.93. The Morgan fingerprint density at radius 2 is 1.82 bits per heavy atom. The largest absolute Gasteiger partial charge is 0.496 e. The van der Waals surface area contributed by atoms with E-state index in [0.717, 1.165) is 41.1 Å². The number of rotatable bonds is 7. The molecule has 5 rings (SSSR count). The third kappa shape index (κ3) is 4.36. The van der Waals surface area contributed by atoms with Crippen molar-refractivity contribution in [1.82, 2.24) is 9.55 Å². The molecular weight excluding hydrogens is 428 g/mol. The van der Waals surface area contributed by atoms with Crippen LogP contribution in [0.25, 0.3) is 22.4 Å². The summed E-state index contributed by atoms with van der Waals surface area (Å²) in [5, 5.41) is 9.46. The van der Waals surface area contributed by atoms with Gasteiger partial charge in [-0.05, 0) is 48.7 Å². The van der Waals surface area contributed by atoms with Crippen molar-refractivity contribution in [2.75, 3.05) is 7.11 Å². The maximum atomic E-state index is 11.5. The van der Waals surface area contributed by atoms with Gasteiger partial charge in [-0.25, -0.2) is 9.78 Å². The van der Waals surface area contributed by atoms with E-state index in [-0.39, 0.29) is 5.56 Å². The van der Waals surface area contributed by atoms with Gasteiger partial charge in [0, 0.05) is 12.1 Å². The van der Waals surface area contributed by atoms with Crippen molar-refractivity contribution < 1.29 is 19.4 Å². The fourth-order valence-corrected chi connectivity index (χ4v) is 4.82. The molecule has 174 valence electrons. The van der Waals surface area contributed by atoms with Crippen molar-refractivity contribution in [2.45, 2.75) is 44.8 Å². The first-order chi connectivity index (χ1) is 16.6. The fraction of sp³-hybridized carbons (Fsp3) is 0.286. The van der Waals surface area contributed by atoms with Crippen molar-refractivity contribution in [3.63, 3.8) is 0 Å². The summed E-state index contributed by atoms with van der Waals surface area (Å²) in [5.41, 5.74) is 3.85. The molecule has 6 nitrogen and oxygen atoms in total. The van der Waals surface area contributed by atoms with Crippen LogP contribution in [0.5, 0.6) is 11.5 Å². The molecule has 4 aromatic rings. The summed E-state index contributed by atoms with van der Waals surface area (Å²) >= 11 is 0. The molecule has 34 heavy (non-hydrogen) atoms. The SMILES string of the molecule is COc1cc(OCc2ccccc2)ccc1-c1nc2cc(C(=O)O)ccc2n1C1CCCCC1. The van der Waals surface area contributed by atoms with Crippen LogP contribution < -0.4 is 9.47 Å². The van der Waals surface area contributed by atoms with Crippen molar-refractivity contribution in [2.24, 2.45) is 0 Å². The van der Waals surface area contributed by atoms with Crippen LogP contribution in [0.4, 0.5) is 0 Å². The monoisotopic (exact) mass is 456 g/mol. The maximum absolute atomic E-state index is 11.5. The van der Waals surface area contributed by atoms with Gasteiger partial charge in [-0.1, -0.05) is 49.6 Å². The fourth-order valence-electron chi connectivity index (χ4n) is 4.82. The minimum atomic E-state index is -0.951. The van der Waals surface area contributed by atoms with Gasteiger partial charge in [-0.3, -0.25) is 0 Å². The highest BCUT2D eigenvalue weighted by Crippen LogP contribution is 2.40. The van der Waals surface area contributed by atoms with E-state index >= 15 is 0 Å². The molecule has 0 radical (unpaired) electrons. The third-order valence-electron chi connectivity index (χ3n) is 6.54. The zero-order valence-corrected chi connectivity index (χ0v) is 19.2. The first-order valence-corrected chi connectivity index (χ1v) is 11.7. The van der Waals surface area contributed by atoms with Crippen LogP contribution in [0.1, 0.15) is 54.1 Å². The van der Waals surface area contributed by atoms with E-state index in [1.807, 2.05) is 54.6 Å².